The first-order valence-corrected chi connectivity index (χ1v) is 8.29. The molecule has 2 aromatic carbocycles. The number of nitro benzene ring substituents is 1. The third-order valence-electron chi connectivity index (χ3n) is 4.19. The van der Waals surface area contributed by atoms with Gasteiger partial charge < -0.3 is 9.15 Å². The number of hydrogen-bond acceptors (Lipinski definition) is 6. The number of carbonyl (C=O) groups is 1. The van der Waals surface area contributed by atoms with E-state index in [0.29, 0.717) is 16.5 Å². The van der Waals surface area contributed by atoms with Gasteiger partial charge in [0.2, 0.25) is 0 Å². The highest BCUT2D eigenvalue weighted by Gasteiger charge is 2.17. The fourth-order valence-corrected chi connectivity index (χ4v) is 2.86. The number of aryl methyl sites for hydroxylation is 2. The average molecular weight is 388 g/mol. The molecule has 3 aromatic rings. The van der Waals surface area contributed by atoms with E-state index in [1.54, 1.807) is 6.07 Å². The van der Waals surface area contributed by atoms with E-state index in [4.69, 9.17) is 20.8 Å². The molecule has 0 N–H and O–H groups in total. The monoisotopic (exact) mass is 387 g/mol. The van der Waals surface area contributed by atoms with Crippen molar-refractivity contribution in [2.75, 3.05) is 0 Å². The molecule has 3 rings (SSSR count). The number of rotatable bonds is 4. The summed E-state index contributed by atoms with van der Waals surface area (Å²) in [5, 5.41) is 11.3. The molecule has 138 valence electrons. The fraction of sp³-hybridized carbons (Fsp3) is 0.158. The molecule has 0 aliphatic rings. The SMILES string of the molecule is Cc1cc2oc(=O)cc(COC(=O)c3ccc([N+](=O)[O-])cc3Cl)c2cc1C. The number of hydrogen-bond donors (Lipinski definition) is 0. The highest BCUT2D eigenvalue weighted by Crippen LogP contribution is 2.25. The van der Waals surface area contributed by atoms with Gasteiger partial charge in [0.25, 0.3) is 5.69 Å². The first-order chi connectivity index (χ1) is 12.8. The van der Waals surface area contributed by atoms with Crippen LogP contribution in [0.4, 0.5) is 5.69 Å². The van der Waals surface area contributed by atoms with Crippen LogP contribution in [-0.4, -0.2) is 10.9 Å². The summed E-state index contributed by atoms with van der Waals surface area (Å²) in [5.74, 6) is -0.750. The summed E-state index contributed by atoms with van der Waals surface area (Å²) in [5.41, 5.74) is 2.10. The molecule has 0 aliphatic carbocycles. The molecule has 27 heavy (non-hydrogen) atoms. The number of nitro groups is 1. The van der Waals surface area contributed by atoms with Gasteiger partial charge in [-0.2, -0.15) is 0 Å². The number of halogens is 1. The third-order valence-corrected chi connectivity index (χ3v) is 4.50. The van der Waals surface area contributed by atoms with Gasteiger partial charge in [-0.1, -0.05) is 11.6 Å². The second-order valence-corrected chi connectivity index (χ2v) is 6.43. The number of carbonyl (C=O) groups excluding carboxylic acids is 1. The van der Waals surface area contributed by atoms with Gasteiger partial charge in [-0.25, -0.2) is 9.59 Å². The maximum Gasteiger partial charge on any atom is 0.339 e. The summed E-state index contributed by atoms with van der Waals surface area (Å²) in [6.45, 7) is 3.65. The first kappa shape index (κ1) is 18.6. The summed E-state index contributed by atoms with van der Waals surface area (Å²) < 4.78 is 10.5. The van der Waals surface area contributed by atoms with Gasteiger partial charge in [-0.3, -0.25) is 10.1 Å². The summed E-state index contributed by atoms with van der Waals surface area (Å²) in [6, 6.07) is 8.35. The number of nitrogens with zero attached hydrogens (tertiary/aromatic N) is 1. The zero-order chi connectivity index (χ0) is 19.7. The van der Waals surface area contributed by atoms with Gasteiger partial charge in [0.05, 0.1) is 15.5 Å². The lowest BCUT2D eigenvalue weighted by molar-refractivity contribution is -0.384. The van der Waals surface area contributed by atoms with Crippen LogP contribution in [0, 0.1) is 24.0 Å². The van der Waals surface area contributed by atoms with Crippen LogP contribution < -0.4 is 5.63 Å². The number of esters is 1. The third kappa shape index (κ3) is 3.83. The van der Waals surface area contributed by atoms with E-state index in [1.165, 1.54) is 18.2 Å². The van der Waals surface area contributed by atoms with Crippen LogP contribution in [0.3, 0.4) is 0 Å². The van der Waals surface area contributed by atoms with Crippen molar-refractivity contribution in [1.82, 2.24) is 0 Å². The van der Waals surface area contributed by atoms with Crippen LogP contribution in [0.25, 0.3) is 11.0 Å². The Morgan fingerprint density at radius 2 is 1.89 bits per heavy atom. The minimum atomic E-state index is -0.750. The predicted molar refractivity (Wildman–Crippen MR) is 99.2 cm³/mol. The fourth-order valence-electron chi connectivity index (χ4n) is 2.61. The molecule has 8 heteroatoms. The average Bonchev–Trinajstić information content (AvgIpc) is 2.60. The van der Waals surface area contributed by atoms with Crippen LogP contribution in [0.15, 0.2) is 45.6 Å². The van der Waals surface area contributed by atoms with Crippen LogP contribution in [0.5, 0.6) is 0 Å². The van der Waals surface area contributed by atoms with E-state index >= 15 is 0 Å². The van der Waals surface area contributed by atoms with Crippen LogP contribution in [0.2, 0.25) is 5.02 Å². The van der Waals surface area contributed by atoms with Crippen LogP contribution in [0.1, 0.15) is 27.0 Å². The molecule has 0 fully saturated rings. The molecule has 0 radical (unpaired) electrons. The van der Waals surface area contributed by atoms with Gasteiger partial charge >= 0.3 is 11.6 Å². The van der Waals surface area contributed by atoms with E-state index in [-0.39, 0.29) is 22.9 Å². The van der Waals surface area contributed by atoms with E-state index < -0.39 is 16.5 Å². The Hall–Kier alpha value is -3.19. The van der Waals surface area contributed by atoms with E-state index in [0.717, 1.165) is 17.2 Å². The lowest BCUT2D eigenvalue weighted by Gasteiger charge is -2.10. The first-order valence-electron chi connectivity index (χ1n) is 7.91. The van der Waals surface area contributed by atoms with Crippen molar-refractivity contribution in [3.8, 4) is 0 Å². The normalized spacial score (nSPS) is 10.8. The van der Waals surface area contributed by atoms with Gasteiger partial charge in [0.15, 0.2) is 0 Å². The van der Waals surface area contributed by atoms with E-state index in [1.807, 2.05) is 19.9 Å². The molecule has 1 heterocycles. The topological polar surface area (TPSA) is 99.7 Å². The second kappa shape index (κ2) is 7.20. The Kier molecular flexibility index (Phi) is 4.96. The molecule has 0 atom stereocenters. The van der Waals surface area contributed by atoms with Crippen molar-refractivity contribution in [3.63, 3.8) is 0 Å². The maximum atomic E-state index is 12.3. The molecular weight excluding hydrogens is 374 g/mol. The second-order valence-electron chi connectivity index (χ2n) is 6.02. The van der Waals surface area contributed by atoms with Gasteiger partial charge in [0.1, 0.15) is 12.2 Å². The Labute approximate surface area is 158 Å². The van der Waals surface area contributed by atoms with Crippen molar-refractivity contribution in [2.45, 2.75) is 20.5 Å². The Morgan fingerprint density at radius 1 is 1.19 bits per heavy atom. The number of fused-ring (bicyclic) bond motifs is 1. The predicted octanol–water partition coefficient (Wildman–Crippen LogP) is 4.33. The van der Waals surface area contributed by atoms with Crippen molar-refractivity contribution < 1.29 is 18.9 Å². The summed E-state index contributed by atoms with van der Waals surface area (Å²) >= 11 is 5.94. The van der Waals surface area contributed by atoms with E-state index in [9.17, 15) is 19.7 Å². The molecule has 0 aliphatic heterocycles. The number of non-ortho nitro benzene ring substituents is 1. The highest BCUT2D eigenvalue weighted by molar-refractivity contribution is 6.33. The smallest absolute Gasteiger partial charge is 0.339 e. The Morgan fingerprint density at radius 3 is 2.56 bits per heavy atom. The van der Waals surface area contributed by atoms with Crippen LogP contribution >= 0.6 is 11.6 Å². The molecule has 0 spiro atoms. The lowest BCUT2D eigenvalue weighted by atomic mass is 10.0. The Balaban J connectivity index is 1.89. The largest absolute Gasteiger partial charge is 0.457 e. The van der Waals surface area contributed by atoms with Crippen molar-refractivity contribution in [1.29, 1.82) is 0 Å². The highest BCUT2D eigenvalue weighted by atomic mass is 35.5. The van der Waals surface area contributed by atoms with Gasteiger partial charge in [-0.15, -0.1) is 0 Å². The maximum absolute atomic E-state index is 12.3. The zero-order valence-electron chi connectivity index (χ0n) is 14.4. The number of ether oxygens (including phenoxy) is 1. The molecule has 1 aromatic heterocycles. The number of benzene rings is 2. The van der Waals surface area contributed by atoms with Crippen LogP contribution in [-0.2, 0) is 11.3 Å². The zero-order valence-corrected chi connectivity index (χ0v) is 15.2. The quantitative estimate of drug-likeness (QED) is 0.286. The van der Waals surface area contributed by atoms with Crippen molar-refractivity contribution in [2.24, 2.45) is 0 Å². The minimum Gasteiger partial charge on any atom is -0.457 e. The van der Waals surface area contributed by atoms with Gasteiger partial charge in [-0.05, 0) is 43.2 Å². The molecule has 0 saturated heterocycles. The molecule has 0 bridgehead atoms. The standard InChI is InChI=1S/C19H14ClNO6/c1-10-5-15-12(7-18(22)27-17(15)6-11(10)2)9-26-19(23)14-4-3-13(21(24)25)8-16(14)20/h3-8H,9H2,1-2H3. The molecular formula is C19H14ClNO6. The lowest BCUT2D eigenvalue weighted by Crippen LogP contribution is -2.09. The van der Waals surface area contributed by atoms with Crippen molar-refractivity contribution in [3.05, 3.63) is 84.2 Å². The molecule has 0 saturated carbocycles. The van der Waals surface area contributed by atoms with Gasteiger partial charge in [0, 0.05) is 29.1 Å². The Bertz CT molecular complexity index is 1130. The minimum absolute atomic E-state index is 0.00145. The summed E-state index contributed by atoms with van der Waals surface area (Å²) in [6.07, 6.45) is 0. The van der Waals surface area contributed by atoms with E-state index in [2.05, 4.69) is 0 Å². The molecule has 7 nitrogen and oxygen atoms in total. The summed E-state index contributed by atoms with van der Waals surface area (Å²) in [4.78, 5) is 34.2. The van der Waals surface area contributed by atoms with Crippen molar-refractivity contribution >= 4 is 34.2 Å². The summed E-state index contributed by atoms with van der Waals surface area (Å²) in [7, 11) is 0. The molecule has 0 amide bonds. The molecule has 0 unspecified atom stereocenters.